The Morgan fingerprint density at radius 3 is 2.77 bits per heavy atom. The Morgan fingerprint density at radius 2 is 2.27 bits per heavy atom. The van der Waals surface area contributed by atoms with Crippen molar-refractivity contribution in [1.29, 1.82) is 0 Å². The molecule has 1 saturated heterocycles. The van der Waals surface area contributed by atoms with Crippen LogP contribution in [0, 0.1) is 5.92 Å². The molecule has 0 spiro atoms. The zero-order chi connectivity index (χ0) is 16.3. The van der Waals surface area contributed by atoms with Gasteiger partial charge in [-0.1, -0.05) is 19.0 Å². The summed E-state index contributed by atoms with van der Waals surface area (Å²) in [5.74, 6) is -0.733. The fourth-order valence-electron chi connectivity index (χ4n) is 3.17. The lowest BCUT2D eigenvalue weighted by molar-refractivity contribution is -0.139. The van der Waals surface area contributed by atoms with Gasteiger partial charge in [0.2, 0.25) is 5.91 Å². The molecule has 22 heavy (non-hydrogen) atoms. The number of aliphatic carboxylic acids is 1. The third-order valence-corrected chi connectivity index (χ3v) is 4.00. The summed E-state index contributed by atoms with van der Waals surface area (Å²) < 4.78 is 4.90. The second kappa shape index (κ2) is 6.91. The number of carboxylic acids is 1. The number of hydrogen-bond donors (Lipinski definition) is 3. The Labute approximate surface area is 129 Å². The number of carboxylic acid groups (broad SMARTS) is 1. The van der Waals surface area contributed by atoms with Crippen molar-refractivity contribution < 1.29 is 19.2 Å². The summed E-state index contributed by atoms with van der Waals surface area (Å²) in [5, 5.41) is 19.4. The molecule has 7 heteroatoms. The summed E-state index contributed by atoms with van der Waals surface area (Å²) in [6.07, 6.45) is 2.68. The molecule has 1 aliphatic rings. The molecule has 1 aromatic heterocycles. The summed E-state index contributed by atoms with van der Waals surface area (Å²) in [6, 6.07) is 0.778. The minimum Gasteiger partial charge on any atom is -0.480 e. The van der Waals surface area contributed by atoms with Crippen LogP contribution in [0.4, 0.5) is 0 Å². The standard InChI is InChI=1S/C15H23N3O4/c1-8(2)6-12(16-9(3)19)14-10(11-4-5-22-18-11)7-13(17-14)15(20)21/h4-5,8,10,12-14,17H,6-7H2,1-3H3,(H,16,19)(H,20,21)/t10-,12-,13+,14+/m0/s1. The average molecular weight is 309 g/mol. The van der Waals surface area contributed by atoms with Gasteiger partial charge >= 0.3 is 5.97 Å². The molecule has 1 aromatic rings. The predicted molar refractivity (Wildman–Crippen MR) is 79.3 cm³/mol. The molecule has 3 N–H and O–H groups in total. The molecule has 1 amide bonds. The van der Waals surface area contributed by atoms with Crippen molar-refractivity contribution in [1.82, 2.24) is 15.8 Å². The van der Waals surface area contributed by atoms with Crippen molar-refractivity contribution in [2.45, 2.75) is 57.7 Å². The van der Waals surface area contributed by atoms with Crippen LogP contribution in [0.25, 0.3) is 0 Å². The third-order valence-electron chi connectivity index (χ3n) is 4.00. The molecule has 122 valence electrons. The van der Waals surface area contributed by atoms with Crippen LogP contribution in [0.2, 0.25) is 0 Å². The van der Waals surface area contributed by atoms with E-state index in [0.29, 0.717) is 12.3 Å². The van der Waals surface area contributed by atoms with Crippen molar-refractivity contribution in [3.8, 4) is 0 Å². The van der Waals surface area contributed by atoms with E-state index in [1.54, 1.807) is 6.07 Å². The maximum absolute atomic E-state index is 11.5. The SMILES string of the molecule is CC(=O)N[C@@H](CC(C)C)[C@@H]1N[C@@H](C(=O)O)C[C@H]1c1ccon1. The molecule has 2 rings (SSSR count). The van der Waals surface area contributed by atoms with Gasteiger partial charge in [-0.15, -0.1) is 0 Å². The summed E-state index contributed by atoms with van der Waals surface area (Å²) in [6.45, 7) is 5.62. The number of nitrogens with zero attached hydrogens (tertiary/aromatic N) is 1. The smallest absolute Gasteiger partial charge is 0.320 e. The van der Waals surface area contributed by atoms with E-state index in [0.717, 1.165) is 12.1 Å². The highest BCUT2D eigenvalue weighted by molar-refractivity contribution is 5.75. The van der Waals surface area contributed by atoms with Crippen LogP contribution in [0.1, 0.15) is 45.2 Å². The normalized spacial score (nSPS) is 26.1. The topological polar surface area (TPSA) is 104 Å². The van der Waals surface area contributed by atoms with E-state index in [1.165, 1.54) is 13.2 Å². The van der Waals surface area contributed by atoms with Crippen LogP contribution in [0.15, 0.2) is 16.9 Å². The van der Waals surface area contributed by atoms with Crippen LogP contribution in [-0.2, 0) is 9.59 Å². The lowest BCUT2D eigenvalue weighted by atomic mass is 9.87. The Morgan fingerprint density at radius 1 is 1.55 bits per heavy atom. The van der Waals surface area contributed by atoms with Gasteiger partial charge in [-0.3, -0.25) is 14.9 Å². The first-order chi connectivity index (χ1) is 10.4. The van der Waals surface area contributed by atoms with E-state index in [9.17, 15) is 14.7 Å². The highest BCUT2D eigenvalue weighted by atomic mass is 16.5. The summed E-state index contributed by atoms with van der Waals surface area (Å²) in [7, 11) is 0. The number of rotatable bonds is 6. The molecule has 0 saturated carbocycles. The minimum absolute atomic E-state index is 0.101. The molecule has 2 heterocycles. The second-order valence-corrected chi connectivity index (χ2v) is 6.29. The number of hydrogen-bond acceptors (Lipinski definition) is 5. The Kier molecular flexibility index (Phi) is 5.18. The first-order valence-corrected chi connectivity index (χ1v) is 7.54. The van der Waals surface area contributed by atoms with Crippen molar-refractivity contribution in [3.63, 3.8) is 0 Å². The first kappa shape index (κ1) is 16.5. The molecule has 0 bridgehead atoms. The molecular formula is C15H23N3O4. The Hall–Kier alpha value is -1.89. The molecule has 0 unspecified atom stereocenters. The van der Waals surface area contributed by atoms with Gasteiger partial charge < -0.3 is 14.9 Å². The van der Waals surface area contributed by atoms with Gasteiger partial charge in [0.05, 0.1) is 5.69 Å². The van der Waals surface area contributed by atoms with Crippen molar-refractivity contribution in [3.05, 3.63) is 18.0 Å². The lowest BCUT2D eigenvalue weighted by Crippen LogP contribution is -2.51. The quantitative estimate of drug-likeness (QED) is 0.727. The van der Waals surface area contributed by atoms with Crippen LogP contribution in [-0.4, -0.2) is 40.3 Å². The number of carbonyl (C=O) groups excluding carboxylic acids is 1. The zero-order valence-electron chi connectivity index (χ0n) is 13.1. The van der Waals surface area contributed by atoms with Crippen LogP contribution < -0.4 is 10.6 Å². The zero-order valence-corrected chi connectivity index (χ0v) is 13.1. The molecule has 1 aliphatic heterocycles. The van der Waals surface area contributed by atoms with Gasteiger partial charge in [-0.25, -0.2) is 0 Å². The number of aromatic nitrogens is 1. The van der Waals surface area contributed by atoms with Gasteiger partial charge in [0.1, 0.15) is 12.3 Å². The second-order valence-electron chi connectivity index (χ2n) is 6.29. The van der Waals surface area contributed by atoms with E-state index in [-0.39, 0.29) is 23.9 Å². The molecule has 7 nitrogen and oxygen atoms in total. The van der Waals surface area contributed by atoms with Gasteiger partial charge in [0.15, 0.2) is 0 Å². The highest BCUT2D eigenvalue weighted by Gasteiger charge is 2.43. The first-order valence-electron chi connectivity index (χ1n) is 7.54. The van der Waals surface area contributed by atoms with E-state index >= 15 is 0 Å². The Bertz CT molecular complexity index is 515. The molecule has 0 radical (unpaired) electrons. The van der Waals surface area contributed by atoms with Gasteiger partial charge in [0.25, 0.3) is 0 Å². The van der Waals surface area contributed by atoms with Gasteiger partial charge in [-0.05, 0) is 18.8 Å². The maximum atomic E-state index is 11.5. The third kappa shape index (κ3) is 3.85. The highest BCUT2D eigenvalue weighted by Crippen LogP contribution is 2.33. The lowest BCUT2D eigenvalue weighted by Gasteiger charge is -2.29. The minimum atomic E-state index is -0.887. The van der Waals surface area contributed by atoms with E-state index in [2.05, 4.69) is 29.6 Å². The fourth-order valence-corrected chi connectivity index (χ4v) is 3.17. The van der Waals surface area contributed by atoms with Crippen molar-refractivity contribution >= 4 is 11.9 Å². The predicted octanol–water partition coefficient (Wildman–Crippen LogP) is 1.12. The van der Waals surface area contributed by atoms with E-state index in [4.69, 9.17) is 4.52 Å². The van der Waals surface area contributed by atoms with Crippen LogP contribution >= 0.6 is 0 Å². The fraction of sp³-hybridized carbons (Fsp3) is 0.667. The van der Waals surface area contributed by atoms with E-state index in [1.807, 2.05) is 0 Å². The van der Waals surface area contributed by atoms with E-state index < -0.39 is 12.0 Å². The molecule has 4 atom stereocenters. The molecular weight excluding hydrogens is 286 g/mol. The largest absolute Gasteiger partial charge is 0.480 e. The number of nitrogens with one attached hydrogen (secondary N) is 2. The van der Waals surface area contributed by atoms with Crippen LogP contribution in [0.5, 0.6) is 0 Å². The number of amides is 1. The monoisotopic (exact) mass is 309 g/mol. The summed E-state index contributed by atoms with van der Waals surface area (Å²) in [5.41, 5.74) is 0.723. The average Bonchev–Trinajstić information content (AvgIpc) is 3.06. The number of carbonyl (C=O) groups is 2. The molecule has 1 fully saturated rings. The summed E-state index contributed by atoms with van der Waals surface area (Å²) >= 11 is 0. The van der Waals surface area contributed by atoms with Crippen molar-refractivity contribution in [2.24, 2.45) is 5.92 Å². The van der Waals surface area contributed by atoms with Gasteiger partial charge in [-0.2, -0.15) is 0 Å². The van der Waals surface area contributed by atoms with Crippen molar-refractivity contribution in [2.75, 3.05) is 0 Å². The Balaban J connectivity index is 2.25. The molecule has 0 aromatic carbocycles. The molecule has 0 aliphatic carbocycles. The summed E-state index contributed by atoms with van der Waals surface area (Å²) in [4.78, 5) is 22.8. The van der Waals surface area contributed by atoms with Crippen LogP contribution in [0.3, 0.4) is 0 Å². The van der Waals surface area contributed by atoms with Gasteiger partial charge in [0, 0.05) is 31.0 Å². The maximum Gasteiger partial charge on any atom is 0.320 e.